The van der Waals surface area contributed by atoms with Crippen molar-refractivity contribution in [3.05, 3.63) is 42.5 Å². The normalized spacial score (nSPS) is 10.4. The quantitative estimate of drug-likeness (QED) is 0.704. The van der Waals surface area contributed by atoms with E-state index in [2.05, 4.69) is 4.98 Å². The molecule has 2 N–H and O–H groups in total. The standard InChI is InChI=1S/C9H7F2N3/c10-7-3-6(12)4-8(11)9(7)14-2-1-13-5-14/h1-5H,12H2. The molecule has 1 heterocycles. The number of benzene rings is 1. The van der Waals surface area contributed by atoms with E-state index in [4.69, 9.17) is 5.73 Å². The van der Waals surface area contributed by atoms with Crippen LogP contribution < -0.4 is 5.73 Å². The first kappa shape index (κ1) is 8.68. The molecule has 0 aliphatic heterocycles. The lowest BCUT2D eigenvalue weighted by atomic mass is 10.2. The van der Waals surface area contributed by atoms with Crippen LogP contribution in [-0.2, 0) is 0 Å². The molecular weight excluding hydrogens is 188 g/mol. The van der Waals surface area contributed by atoms with E-state index in [0.717, 1.165) is 12.1 Å². The number of rotatable bonds is 1. The summed E-state index contributed by atoms with van der Waals surface area (Å²) < 4.78 is 27.9. The van der Waals surface area contributed by atoms with Crippen LogP contribution in [0.15, 0.2) is 30.9 Å². The number of aromatic nitrogens is 2. The average Bonchev–Trinajstić information content (AvgIpc) is 2.54. The van der Waals surface area contributed by atoms with E-state index in [-0.39, 0.29) is 11.4 Å². The Balaban J connectivity index is 2.64. The highest BCUT2D eigenvalue weighted by molar-refractivity contribution is 5.47. The largest absolute Gasteiger partial charge is 0.399 e. The average molecular weight is 195 g/mol. The van der Waals surface area contributed by atoms with Gasteiger partial charge in [0.2, 0.25) is 0 Å². The van der Waals surface area contributed by atoms with Gasteiger partial charge in [-0.15, -0.1) is 0 Å². The number of imidazole rings is 1. The fourth-order valence-electron chi connectivity index (χ4n) is 1.22. The first-order valence-corrected chi connectivity index (χ1v) is 3.91. The number of hydrogen-bond acceptors (Lipinski definition) is 2. The molecule has 3 nitrogen and oxygen atoms in total. The summed E-state index contributed by atoms with van der Waals surface area (Å²) in [7, 11) is 0. The fourth-order valence-corrected chi connectivity index (χ4v) is 1.22. The van der Waals surface area contributed by atoms with Crippen molar-refractivity contribution in [3.8, 4) is 5.69 Å². The van der Waals surface area contributed by atoms with Crippen molar-refractivity contribution < 1.29 is 8.78 Å². The first-order chi connectivity index (χ1) is 6.68. The predicted octanol–water partition coefficient (Wildman–Crippen LogP) is 1.73. The maximum absolute atomic E-state index is 13.3. The summed E-state index contributed by atoms with van der Waals surface area (Å²) in [4.78, 5) is 3.70. The molecule has 5 heteroatoms. The van der Waals surface area contributed by atoms with Crippen LogP contribution in [0.2, 0.25) is 0 Å². The van der Waals surface area contributed by atoms with E-state index >= 15 is 0 Å². The Morgan fingerprint density at radius 1 is 1.21 bits per heavy atom. The molecule has 0 aliphatic rings. The molecule has 1 aromatic carbocycles. The van der Waals surface area contributed by atoms with Gasteiger partial charge < -0.3 is 10.3 Å². The van der Waals surface area contributed by atoms with Gasteiger partial charge in [-0.3, -0.25) is 0 Å². The molecule has 0 unspecified atom stereocenters. The lowest BCUT2D eigenvalue weighted by Gasteiger charge is -2.05. The summed E-state index contributed by atoms with van der Waals surface area (Å²) in [6.45, 7) is 0. The van der Waals surface area contributed by atoms with Crippen molar-refractivity contribution in [2.24, 2.45) is 0 Å². The second kappa shape index (κ2) is 3.10. The van der Waals surface area contributed by atoms with Gasteiger partial charge in [0.1, 0.15) is 5.69 Å². The third-order valence-electron chi connectivity index (χ3n) is 1.80. The molecular formula is C9H7F2N3. The monoisotopic (exact) mass is 195 g/mol. The minimum Gasteiger partial charge on any atom is -0.399 e. The Kier molecular flexibility index (Phi) is 1.92. The molecule has 0 saturated carbocycles. The number of hydrogen-bond donors (Lipinski definition) is 1. The third-order valence-corrected chi connectivity index (χ3v) is 1.80. The van der Waals surface area contributed by atoms with Crippen LogP contribution in [0.25, 0.3) is 5.69 Å². The smallest absolute Gasteiger partial charge is 0.152 e. The molecule has 2 aromatic rings. The molecule has 72 valence electrons. The number of nitrogens with zero attached hydrogens (tertiary/aromatic N) is 2. The Labute approximate surface area is 78.8 Å². The minimum atomic E-state index is -0.708. The van der Waals surface area contributed by atoms with Gasteiger partial charge in [0.25, 0.3) is 0 Å². The molecule has 0 amide bonds. The molecule has 2 rings (SSSR count). The molecule has 0 bridgehead atoms. The van der Waals surface area contributed by atoms with Gasteiger partial charge in [-0.1, -0.05) is 0 Å². The molecule has 0 spiro atoms. The van der Waals surface area contributed by atoms with Gasteiger partial charge >= 0.3 is 0 Å². The van der Waals surface area contributed by atoms with Crippen LogP contribution in [0.4, 0.5) is 14.5 Å². The first-order valence-electron chi connectivity index (χ1n) is 3.91. The molecule has 14 heavy (non-hydrogen) atoms. The highest BCUT2D eigenvalue weighted by Crippen LogP contribution is 2.20. The van der Waals surface area contributed by atoms with Crippen molar-refractivity contribution in [1.29, 1.82) is 0 Å². The number of halogens is 2. The molecule has 0 saturated heterocycles. The summed E-state index contributed by atoms with van der Waals surface area (Å²) >= 11 is 0. The van der Waals surface area contributed by atoms with Gasteiger partial charge in [0, 0.05) is 18.1 Å². The van der Waals surface area contributed by atoms with Crippen molar-refractivity contribution in [2.75, 3.05) is 5.73 Å². The van der Waals surface area contributed by atoms with Crippen molar-refractivity contribution in [3.63, 3.8) is 0 Å². The van der Waals surface area contributed by atoms with E-state index in [1.807, 2.05) is 0 Å². The SMILES string of the molecule is Nc1cc(F)c(-n2ccnc2)c(F)c1. The Morgan fingerprint density at radius 3 is 2.36 bits per heavy atom. The number of nitrogen functional groups attached to an aromatic ring is 1. The lowest BCUT2D eigenvalue weighted by Crippen LogP contribution is -2.00. The molecule has 0 aliphatic carbocycles. The van der Waals surface area contributed by atoms with E-state index in [1.165, 1.54) is 23.3 Å². The van der Waals surface area contributed by atoms with Gasteiger partial charge in [0.05, 0.1) is 6.33 Å². The van der Waals surface area contributed by atoms with E-state index in [0.29, 0.717) is 0 Å². The number of nitrogens with two attached hydrogens (primary N) is 1. The van der Waals surface area contributed by atoms with Crippen LogP contribution >= 0.6 is 0 Å². The Hall–Kier alpha value is -1.91. The maximum atomic E-state index is 13.3. The minimum absolute atomic E-state index is 0.0591. The van der Waals surface area contributed by atoms with Crippen LogP contribution in [0, 0.1) is 11.6 Å². The summed E-state index contributed by atoms with van der Waals surface area (Å²) in [5, 5.41) is 0. The highest BCUT2D eigenvalue weighted by atomic mass is 19.1. The third kappa shape index (κ3) is 1.32. The fraction of sp³-hybridized carbons (Fsp3) is 0. The molecule has 0 atom stereocenters. The summed E-state index contributed by atoms with van der Waals surface area (Å²) in [5.41, 5.74) is 5.17. The van der Waals surface area contributed by atoms with Gasteiger partial charge in [-0.2, -0.15) is 0 Å². The van der Waals surface area contributed by atoms with Crippen molar-refractivity contribution >= 4 is 5.69 Å². The highest BCUT2D eigenvalue weighted by Gasteiger charge is 2.11. The molecule has 0 radical (unpaired) electrons. The Bertz CT molecular complexity index is 428. The summed E-state index contributed by atoms with van der Waals surface area (Å²) in [6.07, 6.45) is 4.21. The summed E-state index contributed by atoms with van der Waals surface area (Å²) in [6, 6.07) is 2.14. The number of anilines is 1. The zero-order chi connectivity index (χ0) is 10.1. The van der Waals surface area contributed by atoms with Crippen molar-refractivity contribution in [2.45, 2.75) is 0 Å². The predicted molar refractivity (Wildman–Crippen MR) is 47.9 cm³/mol. The maximum Gasteiger partial charge on any atom is 0.152 e. The van der Waals surface area contributed by atoms with E-state index in [9.17, 15) is 8.78 Å². The second-order valence-corrected chi connectivity index (χ2v) is 2.80. The van der Waals surface area contributed by atoms with Crippen molar-refractivity contribution in [1.82, 2.24) is 9.55 Å². The van der Waals surface area contributed by atoms with Crippen LogP contribution in [0.1, 0.15) is 0 Å². The van der Waals surface area contributed by atoms with E-state index in [1.54, 1.807) is 0 Å². The lowest BCUT2D eigenvalue weighted by molar-refractivity contribution is 0.570. The van der Waals surface area contributed by atoms with E-state index < -0.39 is 11.6 Å². The zero-order valence-corrected chi connectivity index (χ0v) is 7.11. The second-order valence-electron chi connectivity index (χ2n) is 2.80. The molecule has 0 fully saturated rings. The van der Waals surface area contributed by atoms with Gasteiger partial charge in [0.15, 0.2) is 11.6 Å². The van der Waals surface area contributed by atoms with Crippen LogP contribution in [-0.4, -0.2) is 9.55 Å². The molecule has 1 aromatic heterocycles. The topological polar surface area (TPSA) is 43.8 Å². The summed E-state index contributed by atoms with van der Waals surface area (Å²) in [5.74, 6) is -1.42. The zero-order valence-electron chi connectivity index (χ0n) is 7.11. The van der Waals surface area contributed by atoms with Crippen LogP contribution in [0.5, 0.6) is 0 Å². The van der Waals surface area contributed by atoms with Gasteiger partial charge in [-0.05, 0) is 12.1 Å². The van der Waals surface area contributed by atoms with Gasteiger partial charge in [-0.25, -0.2) is 13.8 Å². The van der Waals surface area contributed by atoms with Crippen LogP contribution in [0.3, 0.4) is 0 Å². The Morgan fingerprint density at radius 2 is 1.86 bits per heavy atom.